The fraction of sp³-hybridized carbons (Fsp3) is 0.278. The van der Waals surface area contributed by atoms with Gasteiger partial charge in [0.2, 0.25) is 0 Å². The van der Waals surface area contributed by atoms with Gasteiger partial charge < -0.3 is 20.5 Å². The molecule has 2 aromatic carbocycles. The SMILES string of the molecule is Cl.NCCOc1ccc(NC(=O)C2OCCc3ccccc32)cc1. The van der Waals surface area contributed by atoms with Crippen LogP contribution in [0.3, 0.4) is 0 Å². The van der Waals surface area contributed by atoms with E-state index in [1.54, 1.807) is 24.3 Å². The Morgan fingerprint density at radius 2 is 1.96 bits per heavy atom. The Morgan fingerprint density at radius 1 is 1.21 bits per heavy atom. The van der Waals surface area contributed by atoms with Crippen molar-refractivity contribution in [2.24, 2.45) is 5.73 Å². The van der Waals surface area contributed by atoms with Crippen molar-refractivity contribution in [2.75, 3.05) is 25.1 Å². The minimum absolute atomic E-state index is 0. The third-order valence-electron chi connectivity index (χ3n) is 3.74. The molecule has 1 heterocycles. The van der Waals surface area contributed by atoms with Crippen molar-refractivity contribution in [3.05, 3.63) is 59.7 Å². The second-order valence-electron chi connectivity index (χ2n) is 5.35. The molecule has 1 atom stereocenters. The molecule has 0 bridgehead atoms. The Balaban J connectivity index is 0.00000208. The zero-order chi connectivity index (χ0) is 16.1. The van der Waals surface area contributed by atoms with Crippen LogP contribution in [0.15, 0.2) is 48.5 Å². The molecule has 0 saturated heterocycles. The summed E-state index contributed by atoms with van der Waals surface area (Å²) in [6.45, 7) is 1.50. The highest BCUT2D eigenvalue weighted by atomic mass is 35.5. The van der Waals surface area contributed by atoms with Crippen LogP contribution in [0.1, 0.15) is 17.2 Å². The molecule has 24 heavy (non-hydrogen) atoms. The van der Waals surface area contributed by atoms with E-state index in [1.807, 2.05) is 24.3 Å². The zero-order valence-corrected chi connectivity index (χ0v) is 14.1. The first-order chi connectivity index (χ1) is 11.3. The number of anilines is 1. The molecule has 0 aliphatic carbocycles. The lowest BCUT2D eigenvalue weighted by molar-refractivity contribution is -0.128. The van der Waals surface area contributed by atoms with Crippen LogP contribution in [0.5, 0.6) is 5.75 Å². The Morgan fingerprint density at radius 3 is 2.71 bits per heavy atom. The molecule has 3 rings (SSSR count). The van der Waals surface area contributed by atoms with Gasteiger partial charge >= 0.3 is 0 Å². The number of rotatable bonds is 5. The molecule has 1 aliphatic rings. The molecule has 1 unspecified atom stereocenters. The van der Waals surface area contributed by atoms with Gasteiger partial charge in [-0.3, -0.25) is 4.79 Å². The number of carbonyl (C=O) groups excluding carboxylic acids is 1. The first-order valence-corrected chi connectivity index (χ1v) is 7.71. The van der Waals surface area contributed by atoms with Crippen LogP contribution in [0.2, 0.25) is 0 Å². The molecule has 0 radical (unpaired) electrons. The lowest BCUT2D eigenvalue weighted by Gasteiger charge is -2.25. The number of carbonyl (C=O) groups is 1. The van der Waals surface area contributed by atoms with E-state index >= 15 is 0 Å². The molecule has 0 fully saturated rings. The van der Waals surface area contributed by atoms with Gasteiger partial charge in [0.25, 0.3) is 5.91 Å². The zero-order valence-electron chi connectivity index (χ0n) is 13.2. The smallest absolute Gasteiger partial charge is 0.258 e. The van der Waals surface area contributed by atoms with E-state index in [0.29, 0.717) is 25.4 Å². The van der Waals surface area contributed by atoms with Crippen molar-refractivity contribution in [2.45, 2.75) is 12.5 Å². The topological polar surface area (TPSA) is 73.6 Å². The van der Waals surface area contributed by atoms with Crippen molar-refractivity contribution in [1.29, 1.82) is 0 Å². The van der Waals surface area contributed by atoms with Gasteiger partial charge in [-0.2, -0.15) is 0 Å². The summed E-state index contributed by atoms with van der Waals surface area (Å²) in [4.78, 5) is 12.5. The highest BCUT2D eigenvalue weighted by Crippen LogP contribution is 2.28. The number of fused-ring (bicyclic) bond motifs is 1. The number of nitrogens with one attached hydrogen (secondary N) is 1. The summed E-state index contributed by atoms with van der Waals surface area (Å²) in [5, 5.41) is 2.89. The maximum Gasteiger partial charge on any atom is 0.258 e. The van der Waals surface area contributed by atoms with Crippen molar-refractivity contribution in [1.82, 2.24) is 0 Å². The van der Waals surface area contributed by atoms with E-state index in [2.05, 4.69) is 5.32 Å². The molecule has 0 saturated carbocycles. The summed E-state index contributed by atoms with van der Waals surface area (Å²) < 4.78 is 11.1. The normalized spacial score (nSPS) is 15.8. The van der Waals surface area contributed by atoms with Crippen LogP contribution in [0, 0.1) is 0 Å². The Bertz CT molecular complexity index is 676. The average Bonchev–Trinajstić information content (AvgIpc) is 2.60. The number of hydrogen-bond donors (Lipinski definition) is 2. The van der Waals surface area contributed by atoms with E-state index in [9.17, 15) is 4.79 Å². The summed E-state index contributed by atoms with van der Waals surface area (Å²) in [6.07, 6.45) is 0.278. The predicted octanol–water partition coefficient (Wildman–Crippen LogP) is 2.70. The fourth-order valence-corrected chi connectivity index (χ4v) is 2.63. The molecule has 3 N–H and O–H groups in total. The highest BCUT2D eigenvalue weighted by molar-refractivity contribution is 5.95. The van der Waals surface area contributed by atoms with Gasteiger partial charge in [0.05, 0.1) is 6.61 Å². The predicted molar refractivity (Wildman–Crippen MR) is 95.7 cm³/mol. The van der Waals surface area contributed by atoms with Crippen molar-refractivity contribution < 1.29 is 14.3 Å². The van der Waals surface area contributed by atoms with E-state index in [4.69, 9.17) is 15.2 Å². The second-order valence-corrected chi connectivity index (χ2v) is 5.35. The van der Waals surface area contributed by atoms with Crippen molar-refractivity contribution >= 4 is 24.0 Å². The van der Waals surface area contributed by atoms with Gasteiger partial charge in [-0.25, -0.2) is 0 Å². The number of benzene rings is 2. The average molecular weight is 349 g/mol. The lowest BCUT2D eigenvalue weighted by atomic mass is 9.97. The number of ether oxygens (including phenoxy) is 2. The maximum atomic E-state index is 12.5. The highest BCUT2D eigenvalue weighted by Gasteiger charge is 2.27. The van der Waals surface area contributed by atoms with Crippen molar-refractivity contribution in [3.8, 4) is 5.75 Å². The van der Waals surface area contributed by atoms with Gasteiger partial charge in [0, 0.05) is 12.2 Å². The molecule has 128 valence electrons. The molecule has 6 heteroatoms. The largest absolute Gasteiger partial charge is 0.492 e. The van der Waals surface area contributed by atoms with Crippen LogP contribution in [0.4, 0.5) is 5.69 Å². The van der Waals surface area contributed by atoms with Crippen LogP contribution < -0.4 is 15.8 Å². The summed E-state index contributed by atoms with van der Waals surface area (Å²) in [5.74, 6) is 0.570. The summed E-state index contributed by atoms with van der Waals surface area (Å²) in [7, 11) is 0. The molecule has 0 aromatic heterocycles. The quantitative estimate of drug-likeness (QED) is 0.871. The Labute approximate surface area is 147 Å². The maximum absolute atomic E-state index is 12.5. The summed E-state index contributed by atoms with van der Waals surface area (Å²) in [5.41, 5.74) is 8.22. The first-order valence-electron chi connectivity index (χ1n) is 7.71. The van der Waals surface area contributed by atoms with Gasteiger partial charge in [0.1, 0.15) is 12.4 Å². The number of halogens is 1. The standard InChI is InChI=1S/C18H20N2O3.ClH/c19-10-12-22-15-7-5-14(6-8-15)20-18(21)17-16-4-2-1-3-13(16)9-11-23-17;/h1-8,17H,9-12,19H2,(H,20,21);1H. The Kier molecular flexibility index (Phi) is 6.61. The summed E-state index contributed by atoms with van der Waals surface area (Å²) in [6, 6.07) is 15.1. The number of amides is 1. The van der Waals surface area contributed by atoms with E-state index in [-0.39, 0.29) is 18.3 Å². The minimum atomic E-state index is -0.562. The molecular formula is C18H21ClN2O3. The first kappa shape index (κ1) is 18.3. The number of nitrogens with two attached hydrogens (primary N) is 1. The number of hydrogen-bond acceptors (Lipinski definition) is 4. The summed E-state index contributed by atoms with van der Waals surface area (Å²) >= 11 is 0. The Hall–Kier alpha value is -2.08. The van der Waals surface area contributed by atoms with Crippen molar-refractivity contribution in [3.63, 3.8) is 0 Å². The van der Waals surface area contributed by atoms with Gasteiger partial charge in [-0.15, -0.1) is 12.4 Å². The molecule has 2 aromatic rings. The second kappa shape index (κ2) is 8.68. The van der Waals surface area contributed by atoms with Gasteiger partial charge in [-0.1, -0.05) is 24.3 Å². The fourth-order valence-electron chi connectivity index (χ4n) is 2.63. The van der Waals surface area contributed by atoms with Crippen LogP contribution in [-0.4, -0.2) is 25.7 Å². The van der Waals surface area contributed by atoms with Crippen LogP contribution in [0.25, 0.3) is 0 Å². The molecule has 1 amide bonds. The monoisotopic (exact) mass is 348 g/mol. The third-order valence-corrected chi connectivity index (χ3v) is 3.74. The van der Waals surface area contributed by atoms with Gasteiger partial charge in [-0.05, 0) is 41.8 Å². The molecule has 0 spiro atoms. The van der Waals surface area contributed by atoms with E-state index in [0.717, 1.165) is 17.7 Å². The van der Waals surface area contributed by atoms with Gasteiger partial charge in [0.15, 0.2) is 6.10 Å². The van der Waals surface area contributed by atoms with Crippen LogP contribution >= 0.6 is 12.4 Å². The molecule has 1 aliphatic heterocycles. The molecular weight excluding hydrogens is 328 g/mol. The molecule has 5 nitrogen and oxygen atoms in total. The third kappa shape index (κ3) is 4.26. The lowest BCUT2D eigenvalue weighted by Crippen LogP contribution is -2.28. The van der Waals surface area contributed by atoms with E-state index < -0.39 is 6.10 Å². The minimum Gasteiger partial charge on any atom is -0.492 e. The van der Waals surface area contributed by atoms with E-state index in [1.165, 1.54) is 5.56 Å². The van der Waals surface area contributed by atoms with Crippen LogP contribution in [-0.2, 0) is 16.0 Å².